The fourth-order valence-electron chi connectivity index (χ4n) is 3.27. The van der Waals surface area contributed by atoms with Crippen molar-refractivity contribution >= 4 is 29.0 Å². The zero-order chi connectivity index (χ0) is 18.6. The van der Waals surface area contributed by atoms with E-state index in [1.807, 2.05) is 24.4 Å². The van der Waals surface area contributed by atoms with Gasteiger partial charge in [0.15, 0.2) is 0 Å². The fourth-order valence-corrected chi connectivity index (χ4v) is 3.27. The van der Waals surface area contributed by atoms with Crippen LogP contribution in [-0.4, -0.2) is 43.2 Å². The summed E-state index contributed by atoms with van der Waals surface area (Å²) in [5.41, 5.74) is 2.07. The molecule has 2 rings (SSSR count). The minimum absolute atomic E-state index is 0. The topological polar surface area (TPSA) is 37.4 Å². The molecule has 1 aromatic heterocycles. The molecular weight excluding hydrogens is 358 g/mol. The smallest absolute Gasteiger partial charge is 0.121 e. The molecule has 4 nitrogen and oxygen atoms in total. The van der Waals surface area contributed by atoms with Gasteiger partial charge in [-0.05, 0) is 38.1 Å². The van der Waals surface area contributed by atoms with E-state index in [4.69, 9.17) is 4.74 Å². The summed E-state index contributed by atoms with van der Waals surface area (Å²) < 4.78 is 5.44. The lowest BCUT2D eigenvalue weighted by molar-refractivity contribution is 0.271. The normalized spacial score (nSPS) is 10.8. The van der Waals surface area contributed by atoms with Gasteiger partial charge in [-0.25, -0.2) is 0 Å². The summed E-state index contributed by atoms with van der Waals surface area (Å²) in [5.74, 6) is 0.871. The number of methoxy groups -OCH3 is 1. The van der Waals surface area contributed by atoms with Crippen molar-refractivity contribution in [1.82, 2.24) is 9.88 Å². The van der Waals surface area contributed by atoms with E-state index in [1.165, 1.54) is 51.6 Å². The number of fused-ring (bicyclic) bond motifs is 1. The van der Waals surface area contributed by atoms with Gasteiger partial charge in [0.05, 0.1) is 18.3 Å². The van der Waals surface area contributed by atoms with Gasteiger partial charge in [-0.15, -0.1) is 12.4 Å². The van der Waals surface area contributed by atoms with Crippen molar-refractivity contribution < 1.29 is 4.74 Å². The molecule has 0 unspecified atom stereocenters. The van der Waals surface area contributed by atoms with E-state index in [1.54, 1.807) is 7.11 Å². The number of halogens is 1. The largest absolute Gasteiger partial charge is 0.497 e. The lowest BCUT2D eigenvalue weighted by Crippen LogP contribution is -2.31. The molecule has 0 aliphatic carbocycles. The van der Waals surface area contributed by atoms with Crippen LogP contribution in [0.3, 0.4) is 0 Å². The SMILES string of the molecule is CCCCCN(CCCCC)CCNc1cc(OC)cc2cccnc12.Cl. The van der Waals surface area contributed by atoms with Crippen LogP contribution < -0.4 is 10.1 Å². The molecule has 2 aromatic rings. The Labute approximate surface area is 171 Å². The van der Waals surface area contributed by atoms with Crippen LogP contribution in [0.25, 0.3) is 10.9 Å². The highest BCUT2D eigenvalue weighted by Gasteiger charge is 2.08. The summed E-state index contributed by atoms with van der Waals surface area (Å²) in [7, 11) is 1.71. The summed E-state index contributed by atoms with van der Waals surface area (Å²) in [6.45, 7) is 8.94. The molecule has 0 aliphatic heterocycles. The van der Waals surface area contributed by atoms with Gasteiger partial charge >= 0.3 is 0 Å². The maximum atomic E-state index is 5.44. The summed E-state index contributed by atoms with van der Waals surface area (Å²) in [4.78, 5) is 7.15. The van der Waals surface area contributed by atoms with E-state index in [-0.39, 0.29) is 12.4 Å². The van der Waals surface area contributed by atoms with E-state index >= 15 is 0 Å². The third kappa shape index (κ3) is 7.94. The van der Waals surface area contributed by atoms with Gasteiger partial charge in [0.2, 0.25) is 0 Å². The number of anilines is 1. The summed E-state index contributed by atoms with van der Waals surface area (Å²) in [6.07, 6.45) is 9.65. The van der Waals surface area contributed by atoms with Crippen LogP contribution in [0.1, 0.15) is 52.4 Å². The Hall–Kier alpha value is -1.52. The Balaban J connectivity index is 0.00000364. The number of benzene rings is 1. The molecule has 1 heterocycles. The Morgan fingerprint density at radius 1 is 1.00 bits per heavy atom. The van der Waals surface area contributed by atoms with Crippen molar-refractivity contribution in [3.63, 3.8) is 0 Å². The van der Waals surface area contributed by atoms with Crippen LogP contribution in [0.15, 0.2) is 30.5 Å². The molecule has 0 fully saturated rings. The third-order valence-corrected chi connectivity index (χ3v) is 4.81. The Morgan fingerprint density at radius 3 is 2.33 bits per heavy atom. The first kappa shape index (κ1) is 23.5. The fraction of sp³-hybridized carbons (Fsp3) is 0.591. The Morgan fingerprint density at radius 2 is 1.70 bits per heavy atom. The van der Waals surface area contributed by atoms with Crippen LogP contribution in [0.2, 0.25) is 0 Å². The van der Waals surface area contributed by atoms with Crippen molar-refractivity contribution in [3.05, 3.63) is 30.5 Å². The Bertz CT molecular complexity index is 640. The third-order valence-electron chi connectivity index (χ3n) is 4.81. The highest BCUT2D eigenvalue weighted by molar-refractivity contribution is 5.91. The minimum Gasteiger partial charge on any atom is -0.497 e. The minimum atomic E-state index is 0. The predicted octanol–water partition coefficient (Wildman–Crippen LogP) is 5.76. The van der Waals surface area contributed by atoms with Crippen molar-refractivity contribution in [2.45, 2.75) is 52.4 Å². The van der Waals surface area contributed by atoms with Gasteiger partial charge in [-0.3, -0.25) is 4.98 Å². The number of ether oxygens (including phenoxy) is 1. The Kier molecular flexibility index (Phi) is 11.9. The number of hydrogen-bond acceptors (Lipinski definition) is 4. The number of nitrogens with zero attached hydrogens (tertiary/aromatic N) is 2. The van der Waals surface area contributed by atoms with Crippen molar-refractivity contribution in [2.75, 3.05) is 38.6 Å². The number of hydrogen-bond donors (Lipinski definition) is 1. The maximum Gasteiger partial charge on any atom is 0.121 e. The quantitative estimate of drug-likeness (QED) is 0.439. The highest BCUT2D eigenvalue weighted by Crippen LogP contribution is 2.27. The van der Waals surface area contributed by atoms with E-state index in [0.29, 0.717) is 0 Å². The first-order chi connectivity index (χ1) is 12.8. The lowest BCUT2D eigenvalue weighted by atomic mass is 10.1. The average Bonchev–Trinajstić information content (AvgIpc) is 2.67. The zero-order valence-corrected chi connectivity index (χ0v) is 18.0. The van der Waals surface area contributed by atoms with Crippen LogP contribution >= 0.6 is 12.4 Å². The van der Waals surface area contributed by atoms with E-state index in [2.05, 4.69) is 35.1 Å². The second-order valence-corrected chi connectivity index (χ2v) is 6.93. The van der Waals surface area contributed by atoms with E-state index < -0.39 is 0 Å². The van der Waals surface area contributed by atoms with Gasteiger partial charge in [0.25, 0.3) is 0 Å². The van der Waals surface area contributed by atoms with Crippen molar-refractivity contribution in [2.24, 2.45) is 0 Å². The summed E-state index contributed by atoms with van der Waals surface area (Å²) >= 11 is 0. The van der Waals surface area contributed by atoms with Crippen LogP contribution in [0.5, 0.6) is 5.75 Å². The van der Waals surface area contributed by atoms with Crippen LogP contribution in [-0.2, 0) is 0 Å². The molecule has 5 heteroatoms. The molecule has 0 bridgehead atoms. The monoisotopic (exact) mass is 393 g/mol. The van der Waals surface area contributed by atoms with Gasteiger partial charge in [0, 0.05) is 30.7 Å². The standard InChI is InChI=1S/C22H35N3O.ClH/c1-4-6-8-14-25(15-9-7-5-2)16-13-23-21-18-20(26-3)17-19-11-10-12-24-22(19)21;/h10-12,17-18,23H,4-9,13-16H2,1-3H3;1H. The van der Waals surface area contributed by atoms with Gasteiger partial charge < -0.3 is 15.0 Å². The maximum absolute atomic E-state index is 5.44. The second-order valence-electron chi connectivity index (χ2n) is 6.93. The van der Waals surface area contributed by atoms with Gasteiger partial charge in [0.1, 0.15) is 5.75 Å². The molecule has 0 atom stereocenters. The van der Waals surface area contributed by atoms with E-state index in [0.717, 1.165) is 35.4 Å². The van der Waals surface area contributed by atoms with Crippen molar-refractivity contribution in [1.29, 1.82) is 0 Å². The molecule has 0 saturated heterocycles. The zero-order valence-electron chi connectivity index (χ0n) is 17.2. The average molecular weight is 394 g/mol. The number of aromatic nitrogens is 1. The molecule has 0 amide bonds. The molecule has 0 spiro atoms. The molecule has 0 saturated carbocycles. The first-order valence-electron chi connectivity index (χ1n) is 10.2. The summed E-state index contributed by atoms with van der Waals surface area (Å²) in [6, 6.07) is 8.13. The lowest BCUT2D eigenvalue weighted by Gasteiger charge is -2.23. The first-order valence-corrected chi connectivity index (χ1v) is 10.2. The van der Waals surface area contributed by atoms with E-state index in [9.17, 15) is 0 Å². The van der Waals surface area contributed by atoms with Crippen LogP contribution in [0, 0.1) is 0 Å². The molecule has 1 N–H and O–H groups in total. The number of pyridine rings is 1. The predicted molar refractivity (Wildman–Crippen MR) is 120 cm³/mol. The molecule has 1 aromatic carbocycles. The molecule has 0 radical (unpaired) electrons. The number of rotatable bonds is 13. The van der Waals surface area contributed by atoms with Gasteiger partial charge in [-0.1, -0.05) is 45.6 Å². The van der Waals surface area contributed by atoms with Gasteiger partial charge in [-0.2, -0.15) is 0 Å². The summed E-state index contributed by atoms with van der Waals surface area (Å²) in [5, 5.41) is 4.70. The molecule has 152 valence electrons. The second kappa shape index (κ2) is 13.6. The van der Waals surface area contributed by atoms with Crippen LogP contribution in [0.4, 0.5) is 5.69 Å². The number of nitrogens with one attached hydrogen (secondary N) is 1. The number of unbranched alkanes of at least 4 members (excludes halogenated alkanes) is 4. The molecule has 27 heavy (non-hydrogen) atoms. The molecular formula is C22H36ClN3O. The van der Waals surface area contributed by atoms with Crippen molar-refractivity contribution in [3.8, 4) is 5.75 Å². The highest BCUT2D eigenvalue weighted by atomic mass is 35.5. The molecule has 0 aliphatic rings.